The lowest BCUT2D eigenvalue weighted by Crippen LogP contribution is -2.08. The van der Waals surface area contributed by atoms with E-state index >= 15 is 0 Å². The highest BCUT2D eigenvalue weighted by Crippen LogP contribution is 2.21. The lowest BCUT2D eigenvalue weighted by Gasteiger charge is -2.15. The van der Waals surface area contributed by atoms with Crippen LogP contribution in [0.2, 0.25) is 0 Å². The molecule has 20 heavy (non-hydrogen) atoms. The van der Waals surface area contributed by atoms with Crippen molar-refractivity contribution < 1.29 is 9.47 Å². The molecule has 0 bridgehead atoms. The predicted octanol–water partition coefficient (Wildman–Crippen LogP) is 2.80. The summed E-state index contributed by atoms with van der Waals surface area (Å²) in [4.78, 5) is 8.63. The molecule has 5 nitrogen and oxygen atoms in total. The monoisotopic (exact) mass is 273 g/mol. The molecule has 1 aromatic heterocycles. The number of hydrogen-bond acceptors (Lipinski definition) is 5. The van der Waals surface area contributed by atoms with Gasteiger partial charge >= 0.3 is 0 Å². The Morgan fingerprint density at radius 3 is 2.60 bits per heavy atom. The van der Waals surface area contributed by atoms with Crippen molar-refractivity contribution in [3.8, 4) is 5.88 Å². The molecule has 0 amide bonds. The topological polar surface area (TPSA) is 56.3 Å². The van der Waals surface area contributed by atoms with Gasteiger partial charge in [-0.1, -0.05) is 30.3 Å². The van der Waals surface area contributed by atoms with Crippen LogP contribution in [-0.2, 0) is 11.3 Å². The third kappa shape index (κ3) is 3.68. The van der Waals surface area contributed by atoms with Gasteiger partial charge in [-0.05, 0) is 12.5 Å². The van der Waals surface area contributed by atoms with Crippen LogP contribution in [0.1, 0.15) is 24.4 Å². The summed E-state index contributed by atoms with van der Waals surface area (Å²) < 4.78 is 10.9. The van der Waals surface area contributed by atoms with E-state index in [9.17, 15) is 0 Å². The van der Waals surface area contributed by atoms with Crippen molar-refractivity contribution >= 4 is 5.82 Å². The van der Waals surface area contributed by atoms with Crippen LogP contribution in [0.15, 0.2) is 36.4 Å². The van der Waals surface area contributed by atoms with Gasteiger partial charge in [0.15, 0.2) is 5.82 Å². The summed E-state index contributed by atoms with van der Waals surface area (Å²) >= 11 is 0. The maximum absolute atomic E-state index is 5.88. The van der Waals surface area contributed by atoms with Gasteiger partial charge < -0.3 is 14.8 Å². The van der Waals surface area contributed by atoms with E-state index in [0.29, 0.717) is 24.1 Å². The summed E-state index contributed by atoms with van der Waals surface area (Å²) in [5, 5.41) is 2.99. The Bertz CT molecular complexity index is 546. The smallest absolute Gasteiger partial charge is 0.219 e. The SMILES string of the molecule is CNc1cc(OC(C)c2ccccc2)nc(COC)n1. The lowest BCUT2D eigenvalue weighted by atomic mass is 10.1. The van der Waals surface area contributed by atoms with Crippen molar-refractivity contribution in [1.29, 1.82) is 0 Å². The molecule has 2 aromatic rings. The first-order chi connectivity index (χ1) is 9.72. The molecule has 0 aliphatic carbocycles. The predicted molar refractivity (Wildman–Crippen MR) is 77.8 cm³/mol. The Hall–Kier alpha value is -2.14. The van der Waals surface area contributed by atoms with Crippen molar-refractivity contribution in [2.45, 2.75) is 19.6 Å². The number of nitrogens with zero attached hydrogens (tertiary/aromatic N) is 2. The number of rotatable bonds is 6. The molecule has 1 heterocycles. The van der Waals surface area contributed by atoms with Gasteiger partial charge in [0.2, 0.25) is 5.88 Å². The van der Waals surface area contributed by atoms with Gasteiger partial charge in [0.05, 0.1) is 0 Å². The molecule has 1 aromatic carbocycles. The minimum atomic E-state index is -0.0776. The molecule has 1 atom stereocenters. The minimum absolute atomic E-state index is 0.0776. The van der Waals surface area contributed by atoms with E-state index in [1.807, 2.05) is 44.3 Å². The van der Waals surface area contributed by atoms with Crippen LogP contribution in [0.5, 0.6) is 5.88 Å². The number of aromatic nitrogens is 2. The van der Waals surface area contributed by atoms with Gasteiger partial charge in [0.1, 0.15) is 18.5 Å². The number of anilines is 1. The molecule has 0 saturated heterocycles. The quantitative estimate of drug-likeness (QED) is 0.877. The molecule has 1 unspecified atom stereocenters. The summed E-state index contributed by atoms with van der Waals surface area (Å²) in [6.07, 6.45) is -0.0776. The van der Waals surface area contributed by atoms with Crippen LogP contribution in [0.3, 0.4) is 0 Å². The van der Waals surface area contributed by atoms with E-state index in [1.54, 1.807) is 13.2 Å². The third-order valence-electron chi connectivity index (χ3n) is 2.85. The average molecular weight is 273 g/mol. The van der Waals surface area contributed by atoms with Crippen LogP contribution in [0.4, 0.5) is 5.82 Å². The zero-order valence-electron chi connectivity index (χ0n) is 12.0. The number of hydrogen-bond donors (Lipinski definition) is 1. The van der Waals surface area contributed by atoms with Crippen LogP contribution in [0, 0.1) is 0 Å². The van der Waals surface area contributed by atoms with Crippen LogP contribution in [0.25, 0.3) is 0 Å². The van der Waals surface area contributed by atoms with Gasteiger partial charge in [-0.2, -0.15) is 4.98 Å². The summed E-state index contributed by atoms with van der Waals surface area (Å²) in [5.74, 6) is 1.84. The number of methoxy groups -OCH3 is 1. The average Bonchev–Trinajstić information content (AvgIpc) is 2.48. The molecule has 0 saturated carbocycles. The number of ether oxygens (including phenoxy) is 2. The zero-order chi connectivity index (χ0) is 14.4. The van der Waals surface area contributed by atoms with Crippen LogP contribution < -0.4 is 10.1 Å². The number of benzene rings is 1. The Morgan fingerprint density at radius 1 is 1.20 bits per heavy atom. The van der Waals surface area contributed by atoms with Crippen molar-refractivity contribution in [1.82, 2.24) is 9.97 Å². The van der Waals surface area contributed by atoms with E-state index in [0.717, 1.165) is 5.56 Å². The second-order valence-electron chi connectivity index (χ2n) is 4.36. The van der Waals surface area contributed by atoms with Crippen molar-refractivity contribution in [3.63, 3.8) is 0 Å². The van der Waals surface area contributed by atoms with Crippen LogP contribution in [-0.4, -0.2) is 24.1 Å². The zero-order valence-corrected chi connectivity index (χ0v) is 12.0. The Kier molecular flexibility index (Phi) is 4.90. The molecule has 0 spiro atoms. The summed E-state index contributed by atoms with van der Waals surface area (Å²) in [7, 11) is 3.42. The molecule has 1 N–H and O–H groups in total. The minimum Gasteiger partial charge on any atom is -0.470 e. The van der Waals surface area contributed by atoms with Gasteiger partial charge in [-0.15, -0.1) is 0 Å². The molecular formula is C15H19N3O2. The fourth-order valence-corrected chi connectivity index (χ4v) is 1.83. The first-order valence-corrected chi connectivity index (χ1v) is 6.49. The van der Waals surface area contributed by atoms with Gasteiger partial charge in [0, 0.05) is 20.2 Å². The van der Waals surface area contributed by atoms with Gasteiger partial charge in [-0.3, -0.25) is 0 Å². The molecule has 0 aliphatic rings. The highest BCUT2D eigenvalue weighted by atomic mass is 16.5. The fraction of sp³-hybridized carbons (Fsp3) is 0.333. The Balaban J connectivity index is 2.17. The summed E-state index contributed by atoms with van der Waals surface area (Å²) in [6, 6.07) is 11.8. The molecule has 0 fully saturated rings. The molecule has 0 radical (unpaired) electrons. The maximum Gasteiger partial charge on any atom is 0.219 e. The largest absolute Gasteiger partial charge is 0.470 e. The number of nitrogens with one attached hydrogen (secondary N) is 1. The summed E-state index contributed by atoms with van der Waals surface area (Å²) in [5.41, 5.74) is 1.10. The van der Waals surface area contributed by atoms with Crippen LogP contribution >= 0.6 is 0 Å². The lowest BCUT2D eigenvalue weighted by molar-refractivity contribution is 0.173. The van der Waals surface area contributed by atoms with E-state index in [4.69, 9.17) is 9.47 Å². The first-order valence-electron chi connectivity index (χ1n) is 6.49. The van der Waals surface area contributed by atoms with E-state index in [1.165, 1.54) is 0 Å². The normalized spacial score (nSPS) is 11.9. The van der Waals surface area contributed by atoms with Crippen molar-refractivity contribution in [2.75, 3.05) is 19.5 Å². The standard InChI is InChI=1S/C15H19N3O2/c1-11(12-7-5-4-6-8-12)20-15-9-13(16-2)17-14(18-15)10-19-3/h4-9,11H,10H2,1-3H3,(H,16,17,18). The van der Waals surface area contributed by atoms with E-state index in [-0.39, 0.29) is 6.10 Å². The second-order valence-corrected chi connectivity index (χ2v) is 4.36. The Morgan fingerprint density at radius 2 is 1.95 bits per heavy atom. The van der Waals surface area contributed by atoms with E-state index < -0.39 is 0 Å². The van der Waals surface area contributed by atoms with Crippen molar-refractivity contribution in [2.24, 2.45) is 0 Å². The molecule has 2 rings (SSSR count). The third-order valence-corrected chi connectivity index (χ3v) is 2.85. The Labute approximate surface area is 119 Å². The maximum atomic E-state index is 5.88. The molecule has 5 heteroatoms. The van der Waals surface area contributed by atoms with Gasteiger partial charge in [-0.25, -0.2) is 4.98 Å². The molecule has 0 aliphatic heterocycles. The van der Waals surface area contributed by atoms with E-state index in [2.05, 4.69) is 15.3 Å². The van der Waals surface area contributed by atoms with Crippen molar-refractivity contribution in [3.05, 3.63) is 47.8 Å². The highest BCUT2D eigenvalue weighted by Gasteiger charge is 2.10. The van der Waals surface area contributed by atoms with Gasteiger partial charge in [0.25, 0.3) is 0 Å². The second kappa shape index (κ2) is 6.86. The molecule has 106 valence electrons. The summed E-state index contributed by atoms with van der Waals surface area (Å²) in [6.45, 7) is 2.35. The first kappa shape index (κ1) is 14.3. The fourth-order valence-electron chi connectivity index (χ4n) is 1.83. The molecular weight excluding hydrogens is 254 g/mol. The highest BCUT2D eigenvalue weighted by molar-refractivity contribution is 5.37.